The number of aryl methyl sites for hydroxylation is 1. The van der Waals surface area contributed by atoms with Gasteiger partial charge in [0.25, 0.3) is 0 Å². The SMILES string of the molecule is Cc1nnc(N2CCCC(C)C2C)c(C(=O)O)c1C. The number of carboxylic acids is 1. The number of hydrogen-bond donors (Lipinski definition) is 1. The molecule has 2 rings (SSSR count). The molecule has 0 aliphatic carbocycles. The molecule has 1 saturated heterocycles. The summed E-state index contributed by atoms with van der Waals surface area (Å²) in [5.74, 6) is 0.143. The fourth-order valence-electron chi connectivity index (χ4n) is 2.69. The first-order valence-electron chi connectivity index (χ1n) is 6.77. The lowest BCUT2D eigenvalue weighted by molar-refractivity contribution is 0.0695. The predicted molar refractivity (Wildman–Crippen MR) is 73.7 cm³/mol. The third-order valence-corrected chi connectivity index (χ3v) is 4.30. The quantitative estimate of drug-likeness (QED) is 0.887. The summed E-state index contributed by atoms with van der Waals surface area (Å²) in [6.07, 6.45) is 2.25. The molecule has 1 aromatic heterocycles. The Kier molecular flexibility index (Phi) is 3.73. The van der Waals surface area contributed by atoms with Gasteiger partial charge in [0, 0.05) is 12.6 Å². The molecule has 0 radical (unpaired) electrons. The number of hydrogen-bond acceptors (Lipinski definition) is 4. The molecule has 104 valence electrons. The minimum absolute atomic E-state index is 0.295. The molecule has 0 aromatic carbocycles. The molecule has 19 heavy (non-hydrogen) atoms. The van der Waals surface area contributed by atoms with E-state index in [2.05, 4.69) is 28.9 Å². The molecule has 0 spiro atoms. The van der Waals surface area contributed by atoms with Gasteiger partial charge in [0.05, 0.1) is 5.69 Å². The van der Waals surface area contributed by atoms with Gasteiger partial charge in [0.2, 0.25) is 0 Å². The maximum atomic E-state index is 11.5. The zero-order valence-electron chi connectivity index (χ0n) is 12.0. The van der Waals surface area contributed by atoms with Crippen molar-refractivity contribution in [3.63, 3.8) is 0 Å². The third-order valence-electron chi connectivity index (χ3n) is 4.30. The van der Waals surface area contributed by atoms with E-state index in [1.165, 1.54) is 6.42 Å². The first-order chi connectivity index (χ1) is 8.93. The minimum Gasteiger partial charge on any atom is -0.478 e. The zero-order chi connectivity index (χ0) is 14.2. The lowest BCUT2D eigenvalue weighted by atomic mass is 9.91. The lowest BCUT2D eigenvalue weighted by Crippen LogP contribution is -2.44. The van der Waals surface area contributed by atoms with Crippen molar-refractivity contribution >= 4 is 11.8 Å². The third kappa shape index (κ3) is 2.41. The van der Waals surface area contributed by atoms with Crippen molar-refractivity contribution in [2.75, 3.05) is 11.4 Å². The van der Waals surface area contributed by atoms with Crippen molar-refractivity contribution in [1.29, 1.82) is 0 Å². The van der Waals surface area contributed by atoms with Crippen LogP contribution < -0.4 is 4.90 Å². The number of aromatic carboxylic acids is 1. The highest BCUT2D eigenvalue weighted by Gasteiger charge is 2.30. The van der Waals surface area contributed by atoms with E-state index < -0.39 is 5.97 Å². The maximum Gasteiger partial charge on any atom is 0.339 e. The summed E-state index contributed by atoms with van der Waals surface area (Å²) in [6, 6.07) is 0.295. The van der Waals surface area contributed by atoms with Gasteiger partial charge in [-0.15, -0.1) is 5.10 Å². The van der Waals surface area contributed by atoms with Crippen LogP contribution in [0.4, 0.5) is 5.82 Å². The molecule has 0 amide bonds. The number of piperidine rings is 1. The molecule has 1 aliphatic rings. The van der Waals surface area contributed by atoms with Crippen LogP contribution in [0.5, 0.6) is 0 Å². The van der Waals surface area contributed by atoms with Crippen LogP contribution in [0.25, 0.3) is 0 Å². The molecule has 0 saturated carbocycles. The number of rotatable bonds is 2. The molecule has 1 N–H and O–H groups in total. The Morgan fingerprint density at radius 3 is 2.63 bits per heavy atom. The molecule has 1 aromatic rings. The summed E-state index contributed by atoms with van der Waals surface area (Å²) in [5, 5.41) is 17.7. The Bertz CT molecular complexity index is 502. The largest absolute Gasteiger partial charge is 0.478 e. The smallest absolute Gasteiger partial charge is 0.339 e. The van der Waals surface area contributed by atoms with Crippen molar-refractivity contribution in [1.82, 2.24) is 10.2 Å². The van der Waals surface area contributed by atoms with Crippen molar-refractivity contribution in [3.05, 3.63) is 16.8 Å². The average molecular weight is 263 g/mol. The number of carbonyl (C=O) groups is 1. The highest BCUT2D eigenvalue weighted by atomic mass is 16.4. The summed E-state index contributed by atoms with van der Waals surface area (Å²) < 4.78 is 0. The Balaban J connectivity index is 2.50. The van der Waals surface area contributed by atoms with E-state index in [1.807, 2.05) is 0 Å². The van der Waals surface area contributed by atoms with Gasteiger partial charge >= 0.3 is 5.97 Å². The summed E-state index contributed by atoms with van der Waals surface area (Å²) >= 11 is 0. The van der Waals surface area contributed by atoms with E-state index in [0.717, 1.165) is 13.0 Å². The van der Waals surface area contributed by atoms with E-state index in [-0.39, 0.29) is 0 Å². The molecular weight excluding hydrogens is 242 g/mol. The number of carboxylic acid groups (broad SMARTS) is 1. The first-order valence-corrected chi connectivity index (χ1v) is 6.77. The molecule has 2 heterocycles. The molecule has 2 atom stereocenters. The van der Waals surface area contributed by atoms with Gasteiger partial charge in [-0.05, 0) is 45.1 Å². The topological polar surface area (TPSA) is 66.3 Å². The van der Waals surface area contributed by atoms with Gasteiger partial charge in [-0.1, -0.05) is 6.92 Å². The highest BCUT2D eigenvalue weighted by molar-refractivity contribution is 5.95. The van der Waals surface area contributed by atoms with Gasteiger partial charge < -0.3 is 10.0 Å². The molecule has 5 nitrogen and oxygen atoms in total. The van der Waals surface area contributed by atoms with Crippen LogP contribution in [0.2, 0.25) is 0 Å². The average Bonchev–Trinajstić information content (AvgIpc) is 2.35. The van der Waals surface area contributed by atoms with Crippen molar-refractivity contribution in [2.45, 2.75) is 46.6 Å². The van der Waals surface area contributed by atoms with E-state index in [4.69, 9.17) is 0 Å². The Morgan fingerprint density at radius 1 is 1.32 bits per heavy atom. The number of aromatic nitrogens is 2. The summed E-state index contributed by atoms with van der Waals surface area (Å²) in [7, 11) is 0. The molecule has 2 unspecified atom stereocenters. The lowest BCUT2D eigenvalue weighted by Gasteiger charge is -2.39. The monoisotopic (exact) mass is 263 g/mol. The van der Waals surface area contributed by atoms with Crippen molar-refractivity contribution in [2.24, 2.45) is 5.92 Å². The Morgan fingerprint density at radius 2 is 2.00 bits per heavy atom. The molecule has 0 bridgehead atoms. The van der Waals surface area contributed by atoms with E-state index in [9.17, 15) is 9.90 Å². The van der Waals surface area contributed by atoms with Gasteiger partial charge in [0.15, 0.2) is 5.82 Å². The van der Waals surface area contributed by atoms with Crippen LogP contribution in [-0.4, -0.2) is 33.9 Å². The highest BCUT2D eigenvalue weighted by Crippen LogP contribution is 2.30. The first kappa shape index (κ1) is 13.8. The molecule has 1 fully saturated rings. The maximum absolute atomic E-state index is 11.5. The summed E-state index contributed by atoms with van der Waals surface area (Å²) in [5.41, 5.74) is 1.69. The van der Waals surface area contributed by atoms with Gasteiger partial charge in [-0.2, -0.15) is 5.10 Å². The van der Waals surface area contributed by atoms with Gasteiger partial charge in [-0.3, -0.25) is 0 Å². The van der Waals surface area contributed by atoms with Crippen LogP contribution in [0.15, 0.2) is 0 Å². The van der Waals surface area contributed by atoms with Crippen LogP contribution in [0.1, 0.15) is 48.3 Å². The Labute approximate surface area is 113 Å². The van der Waals surface area contributed by atoms with Crippen LogP contribution in [0, 0.1) is 19.8 Å². The second-order valence-electron chi connectivity index (χ2n) is 5.47. The van der Waals surface area contributed by atoms with Crippen molar-refractivity contribution in [3.8, 4) is 0 Å². The van der Waals surface area contributed by atoms with E-state index in [1.54, 1.807) is 13.8 Å². The number of nitrogens with zero attached hydrogens (tertiary/aromatic N) is 3. The van der Waals surface area contributed by atoms with Crippen LogP contribution in [-0.2, 0) is 0 Å². The summed E-state index contributed by atoms with van der Waals surface area (Å²) in [4.78, 5) is 13.6. The standard InChI is InChI=1S/C14H21N3O2/c1-8-6-5-7-17(11(8)4)13-12(14(18)19)9(2)10(3)15-16-13/h8,11H,5-7H2,1-4H3,(H,18,19). The predicted octanol–water partition coefficient (Wildman–Crippen LogP) is 2.42. The van der Waals surface area contributed by atoms with Gasteiger partial charge in [0.1, 0.15) is 5.56 Å². The second kappa shape index (κ2) is 5.15. The molecule has 1 aliphatic heterocycles. The molecular formula is C14H21N3O2. The van der Waals surface area contributed by atoms with Crippen molar-refractivity contribution < 1.29 is 9.90 Å². The summed E-state index contributed by atoms with van der Waals surface area (Å²) in [6.45, 7) is 8.77. The normalized spacial score (nSPS) is 23.5. The number of anilines is 1. The fourth-order valence-corrected chi connectivity index (χ4v) is 2.69. The zero-order valence-corrected chi connectivity index (χ0v) is 12.0. The van der Waals surface area contributed by atoms with E-state index in [0.29, 0.717) is 34.6 Å². The minimum atomic E-state index is -0.920. The fraction of sp³-hybridized carbons (Fsp3) is 0.643. The van der Waals surface area contributed by atoms with Crippen LogP contribution in [0.3, 0.4) is 0 Å². The molecule has 5 heteroatoms. The Hall–Kier alpha value is -1.65. The van der Waals surface area contributed by atoms with Crippen LogP contribution >= 0.6 is 0 Å². The van der Waals surface area contributed by atoms with Gasteiger partial charge in [-0.25, -0.2) is 4.79 Å². The second-order valence-corrected chi connectivity index (χ2v) is 5.47. The van der Waals surface area contributed by atoms with E-state index >= 15 is 0 Å².